The summed E-state index contributed by atoms with van der Waals surface area (Å²) in [5.41, 5.74) is 3.60. The first-order valence-corrected chi connectivity index (χ1v) is 18.7. The number of alkyl halides is 1. The number of hydrogen-bond donors (Lipinski definition) is 5. The minimum atomic E-state index is -2.26. The molecule has 7 N–H and O–H groups in total. The number of aliphatic hydroxyl groups is 1. The lowest BCUT2D eigenvalue weighted by Gasteiger charge is -2.06. The number of methoxy groups -OCH3 is 1. The van der Waals surface area contributed by atoms with Gasteiger partial charge in [0.2, 0.25) is 17.8 Å². The highest BCUT2D eigenvalue weighted by Crippen LogP contribution is 2.14. The van der Waals surface area contributed by atoms with Crippen LogP contribution in [0.15, 0.2) is 161 Å². The predicted octanol–water partition coefficient (Wildman–Crippen LogP) is 6.91. The number of rotatable bonds is 10. The van der Waals surface area contributed by atoms with E-state index in [1.165, 1.54) is 54.5 Å². The van der Waals surface area contributed by atoms with E-state index in [9.17, 15) is 33.2 Å². The molecule has 2 aromatic carbocycles. The van der Waals surface area contributed by atoms with Crippen LogP contribution in [0.2, 0.25) is 0 Å². The number of aromatic amines is 2. The second kappa shape index (κ2) is 39.4. The van der Waals surface area contributed by atoms with Crippen molar-refractivity contribution >= 4 is 48.4 Å². The van der Waals surface area contributed by atoms with E-state index >= 15 is 0 Å². The number of para-hydroxylation sites is 2. The predicted molar refractivity (Wildman–Crippen MR) is 262 cm³/mol. The average molecular weight is 1010 g/mol. The van der Waals surface area contributed by atoms with E-state index in [4.69, 9.17) is 27.4 Å². The van der Waals surface area contributed by atoms with Crippen LogP contribution in [0.5, 0.6) is 5.88 Å². The Morgan fingerprint density at radius 2 is 1.22 bits per heavy atom. The number of pyridine rings is 4. The van der Waals surface area contributed by atoms with Crippen LogP contribution in [0.3, 0.4) is 0 Å². The average Bonchev–Trinajstić information content (AvgIpc) is 3.91. The smallest absolute Gasteiger partial charge is 0.255 e. The van der Waals surface area contributed by atoms with Crippen LogP contribution in [-0.4, -0.2) is 90.9 Å². The van der Waals surface area contributed by atoms with Crippen LogP contribution in [0.1, 0.15) is 61.5 Å². The zero-order chi connectivity index (χ0) is 50.0. The summed E-state index contributed by atoms with van der Waals surface area (Å²) in [6.45, 7) is 2.90. The van der Waals surface area contributed by atoms with Gasteiger partial charge in [-0.2, -0.15) is 0 Å². The lowest BCUT2D eigenvalue weighted by Crippen LogP contribution is -2.16. The van der Waals surface area contributed by atoms with Gasteiger partial charge in [-0.1, -0.05) is 50.7 Å². The Bertz CT molecular complexity index is 2660. The molecule has 0 aliphatic rings. The molecule has 0 amide bonds. The molecule has 1 unspecified atom stereocenters. The first kappa shape index (κ1) is 60.1. The summed E-state index contributed by atoms with van der Waals surface area (Å²) in [5.74, 6) is 1.27. The molecular formula is C47H55BrFN7O12. The summed E-state index contributed by atoms with van der Waals surface area (Å²) >= 11 is 0. The number of hydrogen-bond acceptors (Lipinski definition) is 15. The number of benzene rings is 2. The lowest BCUT2D eigenvalue weighted by atomic mass is 10.2. The number of H-pyrrole nitrogens is 2. The molecule has 0 fully saturated rings. The van der Waals surface area contributed by atoms with Crippen molar-refractivity contribution in [2.24, 2.45) is 0 Å². The molecule has 0 bridgehead atoms. The van der Waals surface area contributed by atoms with E-state index in [2.05, 4.69) is 24.8 Å². The molecule has 7 aromatic rings. The Hall–Kier alpha value is -7.95. The maximum absolute atomic E-state index is 11.9. The van der Waals surface area contributed by atoms with Crippen LogP contribution in [0, 0.1) is 0 Å². The molecule has 0 saturated carbocycles. The maximum atomic E-state index is 11.9. The standard InChI is InChI=1S/C14H11N3O.C12H9NO2.C7H7NO2.C6H5NO2.C3H7FO2.C2H2O2.C2H6O.CH4.BrH.H3N/c18-13-7-6-11(14-15-8-9-16-14)10-17(13)12-4-2-1-3-5-12;14-9-10-6-7-12(15)13(8-10)11-4-2-1-3-5-11;1-10-7-3-2-6(5-9)4-8-7;8-4-5-1-2-6(9)7-3-5;1-2-3(4)6-5;3-1-2-4;1-2-3;;;/h1-10H,(H,15,16);1-9H;2-5H,1H3;1-4H,(H,7,9);3,5H,2H2,1H3;1-2H;3H,2H2,1H3;1H4;1H;1H3/i;;;;2D2;;;;;. The van der Waals surface area contributed by atoms with Gasteiger partial charge in [0.25, 0.3) is 11.1 Å². The van der Waals surface area contributed by atoms with Crippen molar-refractivity contribution in [3.8, 4) is 28.6 Å². The number of halogens is 2. The van der Waals surface area contributed by atoms with E-state index in [1.807, 2.05) is 60.7 Å². The van der Waals surface area contributed by atoms with Gasteiger partial charge in [-0.05, 0) is 55.5 Å². The summed E-state index contributed by atoms with van der Waals surface area (Å²) in [5, 5.41) is 15.1. The Morgan fingerprint density at radius 1 is 0.721 bits per heavy atom. The monoisotopic (exact) mass is 1010 g/mol. The van der Waals surface area contributed by atoms with Crippen molar-refractivity contribution in [3.05, 3.63) is 194 Å². The summed E-state index contributed by atoms with van der Waals surface area (Å²) in [7, 11) is 1.53. The quantitative estimate of drug-likeness (QED) is 0.0403. The van der Waals surface area contributed by atoms with Gasteiger partial charge in [0.1, 0.15) is 5.82 Å². The fourth-order valence-electron chi connectivity index (χ4n) is 4.34. The van der Waals surface area contributed by atoms with Crippen LogP contribution in [0.4, 0.5) is 4.39 Å². The molecule has 0 spiro atoms. The highest BCUT2D eigenvalue weighted by Gasteiger charge is 2.04. The van der Waals surface area contributed by atoms with Gasteiger partial charge in [0.15, 0.2) is 31.4 Å². The zero-order valence-corrected chi connectivity index (χ0v) is 38.0. The van der Waals surface area contributed by atoms with Crippen molar-refractivity contribution in [2.75, 3.05) is 13.7 Å². The van der Waals surface area contributed by atoms with Crippen LogP contribution < -0.4 is 27.6 Å². The van der Waals surface area contributed by atoms with Crippen molar-refractivity contribution in [1.29, 1.82) is 0 Å². The molecule has 19 nitrogen and oxygen atoms in total. The minimum absolute atomic E-state index is 0. The number of nitrogens with one attached hydrogen (secondary N) is 2. The third-order valence-corrected chi connectivity index (χ3v) is 7.25. The fourth-order valence-corrected chi connectivity index (χ4v) is 4.34. The molecule has 68 heavy (non-hydrogen) atoms. The molecule has 0 aliphatic heterocycles. The summed E-state index contributed by atoms with van der Waals surface area (Å²) < 4.78 is 32.7. The van der Waals surface area contributed by atoms with Crippen molar-refractivity contribution < 1.29 is 51.1 Å². The Labute approximate surface area is 404 Å². The largest absolute Gasteiger partial charge is 0.481 e. The summed E-state index contributed by atoms with van der Waals surface area (Å²) in [6.07, 6.45) is 7.74. The SMILES string of the molecule is Br.C.CCO.COc1ccc(C=O)cn1.N.O=CC=O.O=Cc1ccc(=O)[nH]c1.O=Cc1ccc(=O)n(-c2ccccc2)c1.O=c1ccc(-c2ncc[nH]2)cn1-c1ccccc1.[2H]C([2H])(C)C(F)OO. The topological polar surface area (TPSA) is 298 Å². The third-order valence-electron chi connectivity index (χ3n) is 7.25. The molecule has 5 aromatic heterocycles. The number of ether oxygens (including phenoxy) is 1. The van der Waals surface area contributed by atoms with Crippen molar-refractivity contribution in [1.82, 2.24) is 35.2 Å². The highest BCUT2D eigenvalue weighted by atomic mass is 79.9. The number of carbonyl (C=O) groups excluding carboxylic acids is 5. The zero-order valence-electron chi connectivity index (χ0n) is 38.3. The highest BCUT2D eigenvalue weighted by molar-refractivity contribution is 8.93. The van der Waals surface area contributed by atoms with E-state index in [-0.39, 0.29) is 66.4 Å². The number of aliphatic hydroxyl groups excluding tert-OH is 1. The molecule has 7 rings (SSSR count). The normalized spacial score (nSPS) is 9.91. The van der Waals surface area contributed by atoms with E-state index < -0.39 is 12.7 Å². The lowest BCUT2D eigenvalue weighted by molar-refractivity contribution is -0.312. The first-order chi connectivity index (χ1) is 32.2. The third kappa shape index (κ3) is 25.5. The van der Waals surface area contributed by atoms with Gasteiger partial charge in [0.05, 0.1) is 7.11 Å². The van der Waals surface area contributed by atoms with Crippen LogP contribution in [0.25, 0.3) is 22.8 Å². The number of carbonyl (C=O) groups is 5. The Kier molecular flexibility index (Phi) is 34.8. The molecular weight excluding hydrogens is 953 g/mol. The van der Waals surface area contributed by atoms with Crippen LogP contribution >= 0.6 is 17.0 Å². The minimum Gasteiger partial charge on any atom is -0.481 e. The van der Waals surface area contributed by atoms with Crippen molar-refractivity contribution in [2.45, 2.75) is 34.0 Å². The molecule has 364 valence electrons. The number of aromatic nitrogens is 6. The van der Waals surface area contributed by atoms with Gasteiger partial charge in [0, 0.05) is 111 Å². The Balaban J connectivity index is -0.000000789. The number of imidazole rings is 1. The van der Waals surface area contributed by atoms with Gasteiger partial charge < -0.3 is 26.0 Å². The summed E-state index contributed by atoms with van der Waals surface area (Å²) in [4.78, 5) is 98.5. The molecule has 0 saturated heterocycles. The Morgan fingerprint density at radius 3 is 1.60 bits per heavy atom. The first-order valence-electron chi connectivity index (χ1n) is 19.7. The second-order valence-corrected chi connectivity index (χ2v) is 11.7. The molecule has 0 aliphatic carbocycles. The van der Waals surface area contributed by atoms with E-state index in [1.54, 1.807) is 54.3 Å². The van der Waals surface area contributed by atoms with Gasteiger partial charge in [-0.15, -0.1) is 17.0 Å². The second-order valence-electron chi connectivity index (χ2n) is 11.7. The molecule has 5 heterocycles. The maximum Gasteiger partial charge on any atom is 0.255 e. The molecule has 0 radical (unpaired) electrons. The van der Waals surface area contributed by atoms with Gasteiger partial charge >= 0.3 is 0 Å². The van der Waals surface area contributed by atoms with E-state index in [0.717, 1.165) is 42.3 Å². The van der Waals surface area contributed by atoms with Gasteiger partial charge in [-0.25, -0.2) is 24.5 Å². The fraction of sp³-hybridized carbons (Fsp3) is 0.149. The van der Waals surface area contributed by atoms with Crippen molar-refractivity contribution in [3.63, 3.8) is 0 Å². The van der Waals surface area contributed by atoms with Crippen LogP contribution in [-0.2, 0) is 14.5 Å². The number of nitrogens with zero attached hydrogens (tertiary/aromatic N) is 4. The van der Waals surface area contributed by atoms with E-state index in [0.29, 0.717) is 28.9 Å². The molecule has 1 atom stereocenters. The summed E-state index contributed by atoms with van der Waals surface area (Å²) in [6, 6.07) is 31.0. The van der Waals surface area contributed by atoms with Gasteiger partial charge in [-0.3, -0.25) is 47.5 Å². The molecule has 21 heteroatoms. The number of aldehydes is 5.